The first kappa shape index (κ1) is 43.7. The zero-order valence-electron chi connectivity index (χ0n) is 38.6. The molecule has 0 radical (unpaired) electrons. The first-order valence-corrected chi connectivity index (χ1v) is 23.9. The van der Waals surface area contributed by atoms with Gasteiger partial charge in [-0.15, -0.1) is 0 Å². The second-order valence-electron chi connectivity index (χ2n) is 17.9. The summed E-state index contributed by atoms with van der Waals surface area (Å²) in [4.78, 5) is 13.9. The molecule has 1 aliphatic heterocycles. The van der Waals surface area contributed by atoms with Gasteiger partial charge in [-0.2, -0.15) is 0 Å². The molecule has 0 atom stereocenters. The van der Waals surface area contributed by atoms with Crippen molar-refractivity contribution in [2.24, 2.45) is 0 Å². The van der Waals surface area contributed by atoms with Crippen LogP contribution in [0.5, 0.6) is 17.2 Å². The van der Waals surface area contributed by atoms with Gasteiger partial charge in [0.2, 0.25) is 0 Å². The second kappa shape index (κ2) is 18.9. The minimum Gasteiger partial charge on any atom is -0.494 e. The summed E-state index contributed by atoms with van der Waals surface area (Å²) in [5, 5.41) is 5.35. The van der Waals surface area contributed by atoms with Gasteiger partial charge in [0.1, 0.15) is 17.2 Å². The molecule has 0 bridgehead atoms. The number of benzene rings is 7. The highest BCUT2D eigenvalue weighted by Gasteiger charge is 2.48. The topological polar surface area (TPSA) is 56.8 Å². The van der Waals surface area contributed by atoms with Gasteiger partial charge in [0, 0.05) is 38.7 Å². The van der Waals surface area contributed by atoms with Gasteiger partial charge < -0.3 is 19.5 Å². The average molecular weight is 860 g/mol. The summed E-state index contributed by atoms with van der Waals surface area (Å²) in [6.45, 7) is 12.3. The smallest absolute Gasteiger partial charge is 0.255 e. The Balaban J connectivity index is 1.28. The maximum atomic E-state index is 13.9. The Morgan fingerprint density at radius 2 is 1.26 bits per heavy atom. The lowest BCUT2D eigenvalue weighted by Gasteiger charge is -2.40. The van der Waals surface area contributed by atoms with Crippen LogP contribution in [-0.2, 0) is 11.0 Å². The van der Waals surface area contributed by atoms with Gasteiger partial charge >= 0.3 is 0 Å². The normalized spacial score (nSPS) is 14.0. The molecule has 0 saturated heterocycles. The van der Waals surface area contributed by atoms with Crippen molar-refractivity contribution in [2.75, 3.05) is 18.5 Å². The van der Waals surface area contributed by atoms with Gasteiger partial charge in [0.25, 0.3) is 5.91 Å². The standard InChI is InChI=1S/C60H61NO4/c1-6-10-37-63-47-27-22-44(23-28-47)60(45-24-29-48(30-25-45)64-38-11-7-2)36-33-52-56-55(51-31-21-43(42-18-13-12-14-19-42)39-54(51)59(56,34-8-3)35-9-4)53-40-46(26-32-50(53)57(52)65-60)61-58(62)49-20-16-15-17-41(49)5/h12-33,36,39-40H,6-11,34-35,37-38H2,1-5H3,(H,61,62). The summed E-state index contributed by atoms with van der Waals surface area (Å²) in [5.74, 6) is 2.41. The highest BCUT2D eigenvalue weighted by molar-refractivity contribution is 6.12. The lowest BCUT2D eigenvalue weighted by Crippen LogP contribution is -2.35. The summed E-state index contributed by atoms with van der Waals surface area (Å²) >= 11 is 0. The van der Waals surface area contributed by atoms with Crippen LogP contribution >= 0.6 is 0 Å². The van der Waals surface area contributed by atoms with Crippen LogP contribution in [0, 0.1) is 6.92 Å². The van der Waals surface area contributed by atoms with Gasteiger partial charge in [0.15, 0.2) is 5.60 Å². The summed E-state index contributed by atoms with van der Waals surface area (Å²) in [6, 6.07) is 48.8. The van der Waals surface area contributed by atoms with Crippen molar-refractivity contribution in [1.82, 2.24) is 0 Å². The number of carbonyl (C=O) groups is 1. The monoisotopic (exact) mass is 859 g/mol. The predicted octanol–water partition coefficient (Wildman–Crippen LogP) is 15.6. The molecule has 65 heavy (non-hydrogen) atoms. The number of carbonyl (C=O) groups excluding carboxylic acids is 1. The number of hydrogen-bond donors (Lipinski definition) is 1. The molecule has 0 spiro atoms. The highest BCUT2D eigenvalue weighted by atomic mass is 16.5. The van der Waals surface area contributed by atoms with Crippen molar-refractivity contribution in [3.8, 4) is 39.5 Å². The van der Waals surface area contributed by atoms with Gasteiger partial charge in [0.05, 0.1) is 13.2 Å². The van der Waals surface area contributed by atoms with Crippen molar-refractivity contribution in [3.63, 3.8) is 0 Å². The van der Waals surface area contributed by atoms with E-state index in [1.165, 1.54) is 33.4 Å². The molecular weight excluding hydrogens is 799 g/mol. The van der Waals surface area contributed by atoms with Gasteiger partial charge in [-0.05, 0) is 138 Å². The lowest BCUT2D eigenvalue weighted by atomic mass is 9.69. The van der Waals surface area contributed by atoms with Gasteiger partial charge in [-0.3, -0.25) is 4.79 Å². The summed E-state index contributed by atoms with van der Waals surface area (Å²) in [7, 11) is 0. The minimum absolute atomic E-state index is 0.126. The number of unbranched alkanes of at least 4 members (excludes halogenated alkanes) is 2. The molecule has 9 rings (SSSR count). The van der Waals surface area contributed by atoms with Crippen LogP contribution < -0.4 is 19.5 Å². The molecule has 0 fully saturated rings. The maximum Gasteiger partial charge on any atom is 0.255 e. The fourth-order valence-corrected chi connectivity index (χ4v) is 10.4. The molecule has 2 aliphatic rings. The number of fused-ring (bicyclic) bond motifs is 8. The molecule has 330 valence electrons. The summed E-state index contributed by atoms with van der Waals surface area (Å²) in [5.41, 5.74) is 11.8. The molecule has 0 unspecified atom stereocenters. The molecule has 1 aliphatic carbocycles. The highest BCUT2D eigenvalue weighted by Crippen LogP contribution is 2.61. The van der Waals surface area contributed by atoms with Crippen LogP contribution in [0.15, 0.2) is 146 Å². The Kier molecular flexibility index (Phi) is 12.7. The molecule has 1 amide bonds. The maximum absolute atomic E-state index is 13.9. The van der Waals surface area contributed by atoms with Crippen LogP contribution in [0.3, 0.4) is 0 Å². The number of rotatable bonds is 17. The van der Waals surface area contributed by atoms with E-state index in [1.807, 2.05) is 37.3 Å². The van der Waals surface area contributed by atoms with E-state index in [2.05, 4.69) is 154 Å². The third-order valence-corrected chi connectivity index (χ3v) is 13.5. The largest absolute Gasteiger partial charge is 0.494 e. The van der Waals surface area contributed by atoms with Crippen molar-refractivity contribution in [1.29, 1.82) is 0 Å². The molecule has 5 heteroatoms. The fourth-order valence-electron chi connectivity index (χ4n) is 10.4. The molecule has 1 N–H and O–H groups in total. The molecule has 5 nitrogen and oxygen atoms in total. The molecule has 7 aromatic carbocycles. The van der Waals surface area contributed by atoms with Crippen LogP contribution in [0.25, 0.3) is 39.1 Å². The van der Waals surface area contributed by atoms with Crippen LogP contribution in [-0.4, -0.2) is 19.1 Å². The number of aryl methyl sites for hydroxylation is 1. The zero-order valence-corrected chi connectivity index (χ0v) is 38.6. The lowest BCUT2D eigenvalue weighted by molar-refractivity contribution is 0.102. The Hall–Kier alpha value is -6.59. The second-order valence-corrected chi connectivity index (χ2v) is 17.9. The Labute approximate surface area is 385 Å². The van der Waals surface area contributed by atoms with Crippen molar-refractivity contribution >= 4 is 28.4 Å². The Morgan fingerprint density at radius 3 is 1.88 bits per heavy atom. The van der Waals surface area contributed by atoms with Crippen LogP contribution in [0.1, 0.15) is 123 Å². The zero-order chi connectivity index (χ0) is 45.0. The number of nitrogens with one attached hydrogen (secondary N) is 1. The van der Waals surface area contributed by atoms with Gasteiger partial charge in [-0.25, -0.2) is 0 Å². The van der Waals surface area contributed by atoms with Gasteiger partial charge in [-0.1, -0.05) is 144 Å². The third-order valence-electron chi connectivity index (χ3n) is 13.5. The van der Waals surface area contributed by atoms with E-state index in [4.69, 9.17) is 14.2 Å². The SMILES string of the molecule is CCCCOc1ccc(C2(c3ccc(OCCCC)cc3)C=Cc3c4c(c5cc(NC(=O)c6ccccc6C)ccc5c3O2)-c2ccc(-c3ccccc3)cc2C4(CCC)CCC)cc1. The van der Waals surface area contributed by atoms with E-state index in [0.717, 1.165) is 107 Å². The third kappa shape index (κ3) is 8.11. The summed E-state index contributed by atoms with van der Waals surface area (Å²) in [6.07, 6.45) is 12.8. The first-order chi connectivity index (χ1) is 31.8. The molecule has 1 heterocycles. The Morgan fingerprint density at radius 1 is 0.631 bits per heavy atom. The molecule has 7 aromatic rings. The molecule has 0 saturated carbocycles. The number of hydrogen-bond acceptors (Lipinski definition) is 4. The quantitative estimate of drug-likeness (QED) is 0.0927. The molecular formula is C60H61NO4. The van der Waals surface area contributed by atoms with Crippen LogP contribution in [0.2, 0.25) is 0 Å². The number of amides is 1. The number of ether oxygens (including phenoxy) is 3. The van der Waals surface area contributed by atoms with E-state index >= 15 is 0 Å². The first-order valence-electron chi connectivity index (χ1n) is 23.9. The van der Waals surface area contributed by atoms with E-state index in [0.29, 0.717) is 18.8 Å². The van der Waals surface area contributed by atoms with E-state index < -0.39 is 5.60 Å². The van der Waals surface area contributed by atoms with Crippen molar-refractivity contribution < 1.29 is 19.0 Å². The average Bonchev–Trinajstić information content (AvgIpc) is 3.61. The molecule has 0 aromatic heterocycles. The summed E-state index contributed by atoms with van der Waals surface area (Å²) < 4.78 is 20.1. The van der Waals surface area contributed by atoms with Crippen molar-refractivity contribution in [2.45, 2.75) is 97.0 Å². The van der Waals surface area contributed by atoms with Crippen molar-refractivity contribution in [3.05, 3.63) is 185 Å². The van der Waals surface area contributed by atoms with Crippen LogP contribution in [0.4, 0.5) is 5.69 Å². The van der Waals surface area contributed by atoms with E-state index in [9.17, 15) is 4.79 Å². The predicted molar refractivity (Wildman–Crippen MR) is 269 cm³/mol. The Bertz CT molecular complexity index is 2780. The van der Waals surface area contributed by atoms with E-state index in [-0.39, 0.29) is 11.3 Å². The minimum atomic E-state index is -0.972. The number of anilines is 1. The fraction of sp³-hybridized carbons (Fsp3) is 0.283. The van der Waals surface area contributed by atoms with E-state index in [1.54, 1.807) is 0 Å².